The highest BCUT2D eigenvalue weighted by molar-refractivity contribution is 7.90. The smallest absolute Gasteiger partial charge is 0.338 e. The van der Waals surface area contributed by atoms with Crippen LogP contribution in [-0.4, -0.2) is 32.7 Å². The maximum atomic E-state index is 12.4. The minimum Gasteiger partial charge on any atom is -0.449 e. The molecule has 0 aliphatic carbocycles. The fourth-order valence-electron chi connectivity index (χ4n) is 2.43. The summed E-state index contributed by atoms with van der Waals surface area (Å²) in [5, 5.41) is 2.76. The van der Waals surface area contributed by atoms with E-state index < -0.39 is 27.8 Å². The van der Waals surface area contributed by atoms with Crippen LogP contribution in [0.1, 0.15) is 28.4 Å². The lowest BCUT2D eigenvalue weighted by atomic mass is 10.1. The Morgan fingerprint density at radius 3 is 2.26 bits per heavy atom. The summed E-state index contributed by atoms with van der Waals surface area (Å²) in [6.07, 6.45) is -0.0851. The summed E-state index contributed by atoms with van der Waals surface area (Å²) in [7, 11) is -3.60. The van der Waals surface area contributed by atoms with Crippen molar-refractivity contribution in [2.45, 2.75) is 31.8 Å². The van der Waals surface area contributed by atoms with Crippen molar-refractivity contribution in [3.8, 4) is 0 Å². The lowest BCUT2D eigenvalue weighted by molar-refractivity contribution is -0.123. The number of hydrogen-bond donors (Lipinski definition) is 1. The predicted molar refractivity (Wildman–Crippen MR) is 104 cm³/mol. The van der Waals surface area contributed by atoms with Gasteiger partial charge in [-0.2, -0.15) is 0 Å². The summed E-state index contributed by atoms with van der Waals surface area (Å²) in [6.45, 7) is 5.16. The molecule has 0 saturated carbocycles. The Morgan fingerprint density at radius 2 is 1.70 bits per heavy atom. The van der Waals surface area contributed by atoms with Gasteiger partial charge in [0, 0.05) is 11.9 Å². The fraction of sp³-hybridized carbons (Fsp3) is 0.263. The van der Waals surface area contributed by atoms with Crippen LogP contribution in [0.25, 0.3) is 0 Å². The van der Waals surface area contributed by atoms with Crippen molar-refractivity contribution in [2.24, 2.45) is 0 Å². The zero-order valence-corrected chi connectivity index (χ0v) is 16.9. The van der Waals surface area contributed by atoms with Gasteiger partial charge in [0.25, 0.3) is 5.91 Å². The molecule has 144 valence electrons. The van der Waals surface area contributed by atoms with Crippen molar-refractivity contribution in [1.82, 2.24) is 0 Å². The highest BCUT2D eigenvalue weighted by Gasteiger charge is 2.22. The van der Waals surface area contributed by atoms with Crippen LogP contribution in [0.3, 0.4) is 0 Å². The number of aryl methyl sites for hydroxylation is 2. The summed E-state index contributed by atoms with van der Waals surface area (Å²) in [4.78, 5) is 24.5. The highest BCUT2D eigenvalue weighted by Crippen LogP contribution is 2.23. The first-order chi connectivity index (χ1) is 12.5. The zero-order valence-electron chi connectivity index (χ0n) is 15.4. The van der Waals surface area contributed by atoms with E-state index in [0.29, 0.717) is 5.69 Å². The van der Waals surface area contributed by atoms with Gasteiger partial charge in [0.15, 0.2) is 15.9 Å². The van der Waals surface area contributed by atoms with Gasteiger partial charge < -0.3 is 10.1 Å². The number of nitrogens with one attached hydrogen (secondary N) is 1. The number of carbonyl (C=O) groups is 2. The summed E-state index contributed by atoms with van der Waals surface area (Å²) in [5.74, 6) is -1.31. The molecule has 0 aromatic heterocycles. The fourth-order valence-corrected chi connectivity index (χ4v) is 3.73. The van der Waals surface area contributed by atoms with Crippen molar-refractivity contribution >= 4 is 39.0 Å². The van der Waals surface area contributed by atoms with Crippen LogP contribution in [0.4, 0.5) is 5.69 Å². The van der Waals surface area contributed by atoms with Gasteiger partial charge in [0.1, 0.15) is 0 Å². The Morgan fingerprint density at radius 1 is 1.11 bits per heavy atom. The second kappa shape index (κ2) is 8.10. The van der Waals surface area contributed by atoms with E-state index in [4.69, 9.17) is 16.3 Å². The van der Waals surface area contributed by atoms with E-state index in [1.807, 2.05) is 32.0 Å². The molecule has 2 aromatic carbocycles. The SMILES string of the molecule is Cc1cccc(C)c1NC(=O)[C@H](C)OC(=O)c1ccc(Cl)c(S(C)(=O)=O)c1. The van der Waals surface area contributed by atoms with Crippen LogP contribution >= 0.6 is 11.6 Å². The molecule has 27 heavy (non-hydrogen) atoms. The minimum atomic E-state index is -3.60. The second-order valence-electron chi connectivity index (χ2n) is 6.22. The predicted octanol–water partition coefficient (Wildman–Crippen LogP) is 3.54. The largest absolute Gasteiger partial charge is 0.449 e. The van der Waals surface area contributed by atoms with E-state index in [1.165, 1.54) is 19.1 Å². The number of esters is 1. The zero-order chi connectivity index (χ0) is 20.4. The van der Waals surface area contributed by atoms with Gasteiger partial charge in [-0.1, -0.05) is 29.8 Å². The first kappa shape index (κ1) is 20.9. The lowest BCUT2D eigenvalue weighted by Gasteiger charge is -2.16. The molecule has 0 spiro atoms. The van der Waals surface area contributed by atoms with Crippen LogP contribution in [0.15, 0.2) is 41.3 Å². The van der Waals surface area contributed by atoms with Gasteiger partial charge in [0.2, 0.25) is 0 Å². The molecule has 1 N–H and O–H groups in total. The van der Waals surface area contributed by atoms with Crippen LogP contribution < -0.4 is 5.32 Å². The molecule has 0 radical (unpaired) electrons. The summed E-state index contributed by atoms with van der Waals surface area (Å²) < 4.78 is 28.6. The maximum Gasteiger partial charge on any atom is 0.338 e. The Bertz CT molecular complexity index is 981. The van der Waals surface area contributed by atoms with Gasteiger partial charge in [-0.3, -0.25) is 4.79 Å². The monoisotopic (exact) mass is 409 g/mol. The van der Waals surface area contributed by atoms with Crippen molar-refractivity contribution in [1.29, 1.82) is 0 Å². The molecule has 8 heteroatoms. The minimum absolute atomic E-state index is 0.00783. The van der Waals surface area contributed by atoms with E-state index in [9.17, 15) is 18.0 Å². The molecule has 0 bridgehead atoms. The molecule has 2 rings (SSSR count). The van der Waals surface area contributed by atoms with Crippen LogP contribution in [0.2, 0.25) is 5.02 Å². The number of sulfone groups is 1. The van der Waals surface area contributed by atoms with E-state index in [2.05, 4.69) is 5.32 Å². The number of ether oxygens (including phenoxy) is 1. The number of para-hydroxylation sites is 1. The van der Waals surface area contributed by atoms with Crippen molar-refractivity contribution in [3.05, 3.63) is 58.1 Å². The summed E-state index contributed by atoms with van der Waals surface area (Å²) in [5.41, 5.74) is 2.43. The summed E-state index contributed by atoms with van der Waals surface area (Å²) >= 11 is 5.87. The van der Waals surface area contributed by atoms with E-state index in [0.717, 1.165) is 23.4 Å². The number of halogens is 1. The van der Waals surface area contributed by atoms with E-state index in [-0.39, 0.29) is 15.5 Å². The van der Waals surface area contributed by atoms with Crippen LogP contribution in [0.5, 0.6) is 0 Å². The maximum absolute atomic E-state index is 12.4. The average Bonchev–Trinajstić information content (AvgIpc) is 2.57. The van der Waals surface area contributed by atoms with Gasteiger partial charge in [-0.15, -0.1) is 0 Å². The van der Waals surface area contributed by atoms with Crippen LogP contribution in [-0.2, 0) is 19.4 Å². The number of hydrogen-bond acceptors (Lipinski definition) is 5. The summed E-state index contributed by atoms with van der Waals surface area (Å²) in [6, 6.07) is 9.38. The molecule has 1 atom stereocenters. The van der Waals surface area contributed by atoms with Gasteiger partial charge >= 0.3 is 5.97 Å². The molecule has 0 aliphatic heterocycles. The Labute approximate surface area is 163 Å². The average molecular weight is 410 g/mol. The Kier molecular flexibility index (Phi) is 6.28. The molecule has 0 saturated heterocycles. The van der Waals surface area contributed by atoms with Crippen molar-refractivity contribution in [3.63, 3.8) is 0 Å². The number of benzene rings is 2. The molecule has 2 aromatic rings. The topological polar surface area (TPSA) is 89.5 Å². The van der Waals surface area contributed by atoms with Gasteiger partial charge in [-0.05, 0) is 50.1 Å². The third-order valence-electron chi connectivity index (χ3n) is 3.95. The number of carbonyl (C=O) groups excluding carboxylic acids is 2. The Hall–Kier alpha value is -2.38. The van der Waals surface area contributed by atoms with E-state index in [1.54, 1.807) is 0 Å². The lowest BCUT2D eigenvalue weighted by Crippen LogP contribution is -2.30. The molecule has 0 heterocycles. The molecule has 6 nitrogen and oxygen atoms in total. The third-order valence-corrected chi connectivity index (χ3v) is 5.53. The quantitative estimate of drug-likeness (QED) is 0.763. The standard InChI is InChI=1S/C19H20ClNO5S/c1-11-6-5-7-12(2)17(11)21-18(22)13(3)26-19(23)14-8-9-15(20)16(10-14)27(4,24)25/h5-10,13H,1-4H3,(H,21,22)/t13-/m0/s1. The number of anilines is 1. The molecular weight excluding hydrogens is 390 g/mol. The number of amides is 1. The molecule has 1 amide bonds. The molecule has 0 aliphatic rings. The molecule has 0 unspecified atom stereocenters. The van der Waals surface area contributed by atoms with Crippen LogP contribution in [0, 0.1) is 13.8 Å². The number of rotatable bonds is 5. The van der Waals surface area contributed by atoms with Crippen molar-refractivity contribution in [2.75, 3.05) is 11.6 Å². The van der Waals surface area contributed by atoms with Crippen molar-refractivity contribution < 1.29 is 22.7 Å². The second-order valence-corrected chi connectivity index (χ2v) is 8.61. The highest BCUT2D eigenvalue weighted by atomic mass is 35.5. The molecular formula is C19H20ClNO5S. The molecule has 0 fully saturated rings. The van der Waals surface area contributed by atoms with Gasteiger partial charge in [-0.25, -0.2) is 13.2 Å². The Balaban J connectivity index is 2.15. The first-order valence-electron chi connectivity index (χ1n) is 8.08. The normalized spacial score (nSPS) is 12.3. The first-order valence-corrected chi connectivity index (χ1v) is 10.4. The van der Waals surface area contributed by atoms with Gasteiger partial charge in [0.05, 0.1) is 15.5 Å². The van der Waals surface area contributed by atoms with E-state index >= 15 is 0 Å². The third kappa shape index (κ3) is 5.08.